The zero-order valence-electron chi connectivity index (χ0n) is 14.0. The van der Waals surface area contributed by atoms with Crippen LogP contribution in [0.2, 0.25) is 5.02 Å². The second-order valence-electron chi connectivity index (χ2n) is 5.91. The number of hydrogen-bond acceptors (Lipinski definition) is 4. The molecule has 0 unspecified atom stereocenters. The van der Waals surface area contributed by atoms with E-state index in [0.717, 1.165) is 11.1 Å². The smallest absolute Gasteiger partial charge is 0.272 e. The fourth-order valence-electron chi connectivity index (χ4n) is 2.62. The average Bonchev–Trinajstić information content (AvgIpc) is 3.09. The predicted molar refractivity (Wildman–Crippen MR) is 108 cm³/mol. The first-order valence-electron chi connectivity index (χ1n) is 8.26. The highest BCUT2D eigenvalue weighted by atomic mass is 35.5. The Bertz CT molecular complexity index is 1020. The van der Waals surface area contributed by atoms with Crippen LogP contribution < -0.4 is 10.9 Å². The number of fused-ring (bicyclic) bond motifs is 1. The molecule has 2 aromatic heterocycles. The maximum atomic E-state index is 12.4. The molecule has 0 bridgehead atoms. The summed E-state index contributed by atoms with van der Waals surface area (Å²) in [6.07, 6.45) is 1.82. The van der Waals surface area contributed by atoms with Crippen molar-refractivity contribution in [3.63, 3.8) is 0 Å². The molecule has 136 valence electrons. The number of carbonyl (C=O) groups is 1. The van der Waals surface area contributed by atoms with E-state index >= 15 is 0 Å². The van der Waals surface area contributed by atoms with Crippen molar-refractivity contribution in [1.82, 2.24) is 14.9 Å². The molecule has 0 aliphatic rings. The van der Waals surface area contributed by atoms with E-state index in [4.69, 9.17) is 23.8 Å². The van der Waals surface area contributed by atoms with Crippen molar-refractivity contribution in [3.05, 3.63) is 61.4 Å². The number of thiophene rings is 1. The Hall–Kier alpha value is -1.96. The van der Waals surface area contributed by atoms with Gasteiger partial charge in [-0.15, -0.1) is 11.3 Å². The van der Waals surface area contributed by atoms with Crippen LogP contribution >= 0.6 is 35.2 Å². The topological polar surface area (TPSA) is 66.9 Å². The van der Waals surface area contributed by atoms with Gasteiger partial charge in [0.05, 0.1) is 5.52 Å². The molecule has 2 heterocycles. The molecule has 0 spiro atoms. The highest BCUT2D eigenvalue weighted by Gasteiger charge is 2.07. The van der Waals surface area contributed by atoms with Crippen molar-refractivity contribution in [2.75, 3.05) is 0 Å². The predicted octanol–water partition coefficient (Wildman–Crippen LogP) is 4.26. The number of benzene rings is 1. The van der Waals surface area contributed by atoms with E-state index in [2.05, 4.69) is 10.3 Å². The van der Waals surface area contributed by atoms with Gasteiger partial charge >= 0.3 is 0 Å². The van der Waals surface area contributed by atoms with Crippen molar-refractivity contribution in [1.29, 1.82) is 0 Å². The van der Waals surface area contributed by atoms with Crippen molar-refractivity contribution < 1.29 is 4.79 Å². The van der Waals surface area contributed by atoms with Crippen LogP contribution in [0.3, 0.4) is 0 Å². The van der Waals surface area contributed by atoms with E-state index in [9.17, 15) is 9.59 Å². The van der Waals surface area contributed by atoms with Gasteiger partial charge in [0.2, 0.25) is 5.91 Å². The van der Waals surface area contributed by atoms with Crippen LogP contribution in [0.25, 0.3) is 10.2 Å². The molecule has 2 N–H and O–H groups in total. The zero-order valence-corrected chi connectivity index (χ0v) is 16.3. The molecule has 1 amide bonds. The summed E-state index contributed by atoms with van der Waals surface area (Å²) in [5, 5.41) is 5.43. The van der Waals surface area contributed by atoms with Gasteiger partial charge < -0.3 is 10.3 Å². The van der Waals surface area contributed by atoms with Gasteiger partial charge in [-0.2, -0.15) is 0 Å². The molecule has 1 aromatic carbocycles. The number of H-pyrrole nitrogens is 1. The maximum absolute atomic E-state index is 12.4. The molecule has 8 heteroatoms. The lowest BCUT2D eigenvalue weighted by atomic mass is 10.2. The van der Waals surface area contributed by atoms with Crippen LogP contribution in [0.5, 0.6) is 0 Å². The van der Waals surface area contributed by atoms with Crippen molar-refractivity contribution in [3.8, 4) is 0 Å². The Balaban J connectivity index is 1.47. The molecule has 26 heavy (non-hydrogen) atoms. The summed E-state index contributed by atoms with van der Waals surface area (Å²) in [5.74, 6) is -0.00818. The van der Waals surface area contributed by atoms with Gasteiger partial charge in [-0.1, -0.05) is 23.7 Å². The number of rotatable bonds is 7. The molecule has 3 aromatic rings. The normalized spacial score (nSPS) is 11.0. The maximum Gasteiger partial charge on any atom is 0.272 e. The van der Waals surface area contributed by atoms with E-state index in [1.807, 2.05) is 23.6 Å². The minimum absolute atomic E-state index is 0.00818. The van der Waals surface area contributed by atoms with E-state index in [0.29, 0.717) is 46.8 Å². The van der Waals surface area contributed by atoms with Crippen LogP contribution in [-0.4, -0.2) is 15.5 Å². The molecule has 0 fully saturated rings. The summed E-state index contributed by atoms with van der Waals surface area (Å²) in [4.78, 5) is 27.4. The fourth-order valence-corrected chi connectivity index (χ4v) is 3.83. The average molecular weight is 408 g/mol. The number of nitrogens with one attached hydrogen (secondary N) is 2. The molecule has 0 aliphatic carbocycles. The van der Waals surface area contributed by atoms with Crippen LogP contribution in [0.4, 0.5) is 0 Å². The first-order valence-corrected chi connectivity index (χ1v) is 9.92. The lowest BCUT2D eigenvalue weighted by Crippen LogP contribution is -2.23. The third-order valence-corrected chi connectivity index (χ3v) is 5.51. The van der Waals surface area contributed by atoms with Crippen LogP contribution in [0, 0.1) is 4.77 Å². The third-order valence-electron chi connectivity index (χ3n) is 4.03. The third kappa shape index (κ3) is 4.60. The second kappa shape index (κ2) is 8.62. The summed E-state index contributed by atoms with van der Waals surface area (Å²) in [6.45, 7) is 0.988. The zero-order chi connectivity index (χ0) is 18.5. The highest BCUT2D eigenvalue weighted by molar-refractivity contribution is 7.71. The molecule has 0 saturated carbocycles. The molecule has 0 saturated heterocycles. The number of aromatic amines is 1. The summed E-state index contributed by atoms with van der Waals surface area (Å²) >= 11 is 12.5. The molecule has 0 aliphatic heterocycles. The number of carbonyl (C=O) groups excluding carboxylic acids is 1. The quantitative estimate of drug-likeness (QED) is 0.454. The summed E-state index contributed by atoms with van der Waals surface area (Å²) in [5.41, 5.74) is 1.72. The Morgan fingerprint density at radius 1 is 1.23 bits per heavy atom. The lowest BCUT2D eigenvalue weighted by Gasteiger charge is -2.07. The monoisotopic (exact) mass is 407 g/mol. The Morgan fingerprint density at radius 2 is 2.00 bits per heavy atom. The van der Waals surface area contributed by atoms with E-state index < -0.39 is 0 Å². The largest absolute Gasteiger partial charge is 0.352 e. The summed E-state index contributed by atoms with van der Waals surface area (Å²) < 4.78 is 2.67. The van der Waals surface area contributed by atoms with E-state index in [-0.39, 0.29) is 11.5 Å². The van der Waals surface area contributed by atoms with Crippen LogP contribution in [0.1, 0.15) is 24.8 Å². The lowest BCUT2D eigenvalue weighted by molar-refractivity contribution is -0.121. The molecule has 0 atom stereocenters. The molecule has 0 radical (unpaired) electrons. The molecular formula is C18H18ClN3O2S2. The van der Waals surface area contributed by atoms with Gasteiger partial charge in [0.1, 0.15) is 4.70 Å². The van der Waals surface area contributed by atoms with Crippen LogP contribution in [0.15, 0.2) is 40.5 Å². The standard InChI is InChI=1S/C18H18ClN3O2S2/c19-13-6-4-12(5-7-13)11-20-15(23)3-1-2-9-22-17(24)16-14(8-10-26-16)21-18(22)25/h4-8,10H,1-3,9,11H2,(H,20,23)(H,21,25). The van der Waals surface area contributed by atoms with Gasteiger partial charge in [0, 0.05) is 24.5 Å². The Morgan fingerprint density at radius 3 is 2.77 bits per heavy atom. The van der Waals surface area contributed by atoms with E-state index in [1.54, 1.807) is 16.7 Å². The molecule has 3 rings (SSSR count). The van der Waals surface area contributed by atoms with Crippen LogP contribution in [-0.2, 0) is 17.9 Å². The first-order chi connectivity index (χ1) is 12.5. The Labute approximate surface area is 164 Å². The minimum atomic E-state index is -0.0639. The van der Waals surface area contributed by atoms with Gasteiger partial charge in [0.25, 0.3) is 5.56 Å². The number of halogens is 1. The number of aromatic nitrogens is 2. The highest BCUT2D eigenvalue weighted by Crippen LogP contribution is 2.14. The number of amides is 1. The summed E-state index contributed by atoms with van der Waals surface area (Å²) in [7, 11) is 0. The number of nitrogens with zero attached hydrogens (tertiary/aromatic N) is 1. The molecular weight excluding hydrogens is 390 g/mol. The van der Waals surface area contributed by atoms with Crippen molar-refractivity contribution in [2.45, 2.75) is 32.4 Å². The van der Waals surface area contributed by atoms with Gasteiger partial charge in [-0.25, -0.2) is 0 Å². The SMILES string of the molecule is O=C(CCCCn1c(=S)[nH]c2ccsc2c1=O)NCc1ccc(Cl)cc1. The summed E-state index contributed by atoms with van der Waals surface area (Å²) in [6, 6.07) is 9.23. The van der Waals surface area contributed by atoms with Gasteiger partial charge in [-0.05, 0) is 54.2 Å². The number of unbranched alkanes of at least 4 members (excludes halogenated alkanes) is 1. The van der Waals surface area contributed by atoms with Crippen molar-refractivity contribution in [2.24, 2.45) is 0 Å². The minimum Gasteiger partial charge on any atom is -0.352 e. The second-order valence-corrected chi connectivity index (χ2v) is 7.65. The fraction of sp³-hybridized carbons (Fsp3) is 0.278. The Kier molecular flexibility index (Phi) is 6.24. The van der Waals surface area contributed by atoms with E-state index in [1.165, 1.54) is 11.3 Å². The van der Waals surface area contributed by atoms with Crippen molar-refractivity contribution >= 4 is 51.3 Å². The first kappa shape index (κ1) is 18.8. The number of hydrogen-bond donors (Lipinski definition) is 2. The van der Waals surface area contributed by atoms with Gasteiger partial charge in [0.15, 0.2) is 4.77 Å². The van der Waals surface area contributed by atoms with Gasteiger partial charge in [-0.3, -0.25) is 14.2 Å². The molecule has 5 nitrogen and oxygen atoms in total.